The first-order valence-corrected chi connectivity index (χ1v) is 6.51. The molecule has 0 aromatic heterocycles. The quantitative estimate of drug-likeness (QED) is 0.480. The third-order valence-corrected chi connectivity index (χ3v) is 3.01. The SMILES string of the molecule is CCCC/C=C(\C)CC(OC)c1ccccc1. The second-order valence-corrected chi connectivity index (χ2v) is 4.53. The largest absolute Gasteiger partial charge is 0.376 e. The van der Waals surface area contributed by atoms with E-state index in [9.17, 15) is 0 Å². The molecule has 0 bridgehead atoms. The van der Waals surface area contributed by atoms with E-state index < -0.39 is 0 Å². The molecule has 0 heterocycles. The van der Waals surface area contributed by atoms with Gasteiger partial charge in [-0.2, -0.15) is 0 Å². The van der Waals surface area contributed by atoms with E-state index in [1.54, 1.807) is 7.11 Å². The maximum Gasteiger partial charge on any atom is 0.0858 e. The zero-order valence-corrected chi connectivity index (χ0v) is 11.3. The first kappa shape index (κ1) is 14.0. The van der Waals surface area contributed by atoms with Crippen LogP contribution in [0.2, 0.25) is 0 Å². The smallest absolute Gasteiger partial charge is 0.0858 e. The van der Waals surface area contributed by atoms with Crippen molar-refractivity contribution in [2.45, 2.75) is 45.6 Å². The summed E-state index contributed by atoms with van der Waals surface area (Å²) in [5, 5.41) is 0. The summed E-state index contributed by atoms with van der Waals surface area (Å²) in [5.41, 5.74) is 2.69. The fraction of sp³-hybridized carbons (Fsp3) is 0.500. The van der Waals surface area contributed by atoms with Crippen molar-refractivity contribution < 1.29 is 4.74 Å². The lowest BCUT2D eigenvalue weighted by Gasteiger charge is -2.16. The minimum Gasteiger partial charge on any atom is -0.376 e. The summed E-state index contributed by atoms with van der Waals surface area (Å²) < 4.78 is 5.57. The number of hydrogen-bond acceptors (Lipinski definition) is 1. The molecule has 0 saturated carbocycles. The Balaban J connectivity index is 2.55. The number of ether oxygens (including phenoxy) is 1. The van der Waals surface area contributed by atoms with Crippen molar-refractivity contribution in [1.29, 1.82) is 0 Å². The summed E-state index contributed by atoms with van der Waals surface area (Å²) >= 11 is 0. The van der Waals surface area contributed by atoms with E-state index in [0.29, 0.717) is 0 Å². The van der Waals surface area contributed by atoms with E-state index in [4.69, 9.17) is 4.74 Å². The molecule has 0 spiro atoms. The lowest BCUT2D eigenvalue weighted by atomic mass is 10.0. The van der Waals surface area contributed by atoms with E-state index >= 15 is 0 Å². The van der Waals surface area contributed by atoms with Crippen molar-refractivity contribution in [3.8, 4) is 0 Å². The van der Waals surface area contributed by atoms with Crippen molar-refractivity contribution in [1.82, 2.24) is 0 Å². The highest BCUT2D eigenvalue weighted by Crippen LogP contribution is 2.24. The standard InChI is InChI=1S/C16H24O/c1-4-5-7-10-14(2)13-16(17-3)15-11-8-6-9-12-15/h6,8-12,16H,4-5,7,13H2,1-3H3/b14-10+. The van der Waals surface area contributed by atoms with Crippen molar-refractivity contribution in [2.75, 3.05) is 7.11 Å². The summed E-state index contributed by atoms with van der Waals surface area (Å²) in [6.07, 6.45) is 7.25. The number of allylic oxidation sites excluding steroid dienone is 1. The van der Waals surface area contributed by atoms with E-state index in [0.717, 1.165) is 6.42 Å². The third kappa shape index (κ3) is 5.18. The number of unbranched alkanes of at least 4 members (excludes halogenated alkanes) is 2. The Kier molecular flexibility index (Phi) is 6.64. The van der Waals surface area contributed by atoms with Crippen LogP contribution in [-0.2, 0) is 4.74 Å². The molecule has 0 radical (unpaired) electrons. The van der Waals surface area contributed by atoms with Gasteiger partial charge in [0.1, 0.15) is 0 Å². The Morgan fingerprint density at radius 1 is 1.29 bits per heavy atom. The van der Waals surface area contributed by atoms with Gasteiger partial charge in [0.15, 0.2) is 0 Å². The Morgan fingerprint density at radius 2 is 2.00 bits per heavy atom. The van der Waals surface area contributed by atoms with Crippen molar-refractivity contribution in [2.24, 2.45) is 0 Å². The molecule has 1 rings (SSSR count). The van der Waals surface area contributed by atoms with Crippen molar-refractivity contribution in [3.05, 3.63) is 47.5 Å². The Labute approximate surface area is 106 Å². The van der Waals surface area contributed by atoms with E-state index in [1.807, 2.05) is 6.07 Å². The van der Waals surface area contributed by atoms with E-state index in [2.05, 4.69) is 44.2 Å². The lowest BCUT2D eigenvalue weighted by molar-refractivity contribution is 0.103. The third-order valence-electron chi connectivity index (χ3n) is 3.01. The minimum atomic E-state index is 0.189. The normalized spacial score (nSPS) is 13.7. The van der Waals surface area contributed by atoms with Crippen LogP contribution in [0.15, 0.2) is 42.0 Å². The molecule has 0 aliphatic rings. The predicted octanol–water partition coefficient (Wildman–Crippen LogP) is 4.90. The van der Waals surface area contributed by atoms with Gasteiger partial charge < -0.3 is 4.74 Å². The van der Waals surface area contributed by atoms with Gasteiger partial charge in [0.2, 0.25) is 0 Å². The van der Waals surface area contributed by atoms with E-state index in [1.165, 1.54) is 30.4 Å². The van der Waals surface area contributed by atoms with Crippen molar-refractivity contribution >= 4 is 0 Å². The highest BCUT2D eigenvalue weighted by Gasteiger charge is 2.09. The van der Waals surface area contributed by atoms with Gasteiger partial charge in [-0.05, 0) is 25.3 Å². The van der Waals surface area contributed by atoms with Gasteiger partial charge in [0.25, 0.3) is 0 Å². The molecule has 0 saturated heterocycles. The molecule has 0 aliphatic heterocycles. The summed E-state index contributed by atoms with van der Waals surface area (Å²) in [6, 6.07) is 10.4. The molecule has 1 unspecified atom stereocenters. The zero-order chi connectivity index (χ0) is 12.5. The average Bonchev–Trinajstić information content (AvgIpc) is 2.37. The molecule has 0 N–H and O–H groups in total. The van der Waals surface area contributed by atoms with Gasteiger partial charge in [0.05, 0.1) is 6.10 Å². The number of rotatable bonds is 7. The lowest BCUT2D eigenvalue weighted by Crippen LogP contribution is -2.01. The molecule has 1 nitrogen and oxygen atoms in total. The fourth-order valence-corrected chi connectivity index (χ4v) is 1.93. The Bertz CT molecular complexity index is 327. The van der Waals surface area contributed by atoms with Crippen LogP contribution >= 0.6 is 0 Å². The molecule has 1 heteroatoms. The zero-order valence-electron chi connectivity index (χ0n) is 11.3. The topological polar surface area (TPSA) is 9.23 Å². The highest BCUT2D eigenvalue weighted by atomic mass is 16.5. The van der Waals surface area contributed by atoms with Crippen LogP contribution in [0.3, 0.4) is 0 Å². The first-order chi connectivity index (χ1) is 8.27. The predicted molar refractivity (Wildman–Crippen MR) is 74.1 cm³/mol. The van der Waals surface area contributed by atoms with Gasteiger partial charge in [-0.25, -0.2) is 0 Å². The molecule has 1 atom stereocenters. The number of methoxy groups -OCH3 is 1. The minimum absolute atomic E-state index is 0.189. The van der Waals surface area contributed by atoms with E-state index in [-0.39, 0.29) is 6.10 Å². The van der Waals surface area contributed by atoms with Gasteiger partial charge in [0, 0.05) is 7.11 Å². The second-order valence-electron chi connectivity index (χ2n) is 4.53. The Hall–Kier alpha value is -1.08. The summed E-state index contributed by atoms with van der Waals surface area (Å²) in [6.45, 7) is 4.43. The monoisotopic (exact) mass is 232 g/mol. The van der Waals surface area contributed by atoms with Gasteiger partial charge in [-0.3, -0.25) is 0 Å². The van der Waals surface area contributed by atoms with Crippen LogP contribution in [-0.4, -0.2) is 7.11 Å². The molecule has 0 amide bonds. The molecular formula is C16H24O. The summed E-state index contributed by atoms with van der Waals surface area (Å²) in [4.78, 5) is 0. The Morgan fingerprint density at radius 3 is 2.59 bits per heavy atom. The molecule has 17 heavy (non-hydrogen) atoms. The maximum absolute atomic E-state index is 5.57. The van der Waals surface area contributed by atoms with Crippen LogP contribution in [0.5, 0.6) is 0 Å². The number of hydrogen-bond donors (Lipinski definition) is 0. The van der Waals surface area contributed by atoms with Gasteiger partial charge >= 0.3 is 0 Å². The summed E-state index contributed by atoms with van der Waals surface area (Å²) in [7, 11) is 1.79. The molecule has 1 aromatic rings. The average molecular weight is 232 g/mol. The van der Waals surface area contributed by atoms with Crippen LogP contribution in [0.4, 0.5) is 0 Å². The van der Waals surface area contributed by atoms with Gasteiger partial charge in [-0.15, -0.1) is 0 Å². The first-order valence-electron chi connectivity index (χ1n) is 6.51. The van der Waals surface area contributed by atoms with Crippen molar-refractivity contribution in [3.63, 3.8) is 0 Å². The fourth-order valence-electron chi connectivity index (χ4n) is 1.93. The van der Waals surface area contributed by atoms with Crippen LogP contribution in [0, 0.1) is 0 Å². The molecule has 1 aromatic carbocycles. The maximum atomic E-state index is 5.57. The van der Waals surface area contributed by atoms with Crippen LogP contribution in [0.1, 0.15) is 51.2 Å². The van der Waals surface area contributed by atoms with Gasteiger partial charge in [-0.1, -0.05) is 61.7 Å². The molecule has 94 valence electrons. The second kappa shape index (κ2) is 8.08. The molecule has 0 fully saturated rings. The molecule has 0 aliphatic carbocycles. The number of benzene rings is 1. The van der Waals surface area contributed by atoms with Crippen LogP contribution in [0.25, 0.3) is 0 Å². The summed E-state index contributed by atoms with van der Waals surface area (Å²) in [5.74, 6) is 0. The van der Waals surface area contributed by atoms with Crippen LogP contribution < -0.4 is 0 Å². The molecular weight excluding hydrogens is 208 g/mol. The highest BCUT2D eigenvalue weighted by molar-refractivity contribution is 5.19.